The molecule has 0 radical (unpaired) electrons. The van der Waals surface area contributed by atoms with E-state index in [1.807, 2.05) is 0 Å². The standard InChI is InChI=1S/C13H15ClFN3S/c1-8(2)6-12-17-18-13(19-12)16-7-9-10(14)4-3-5-11(9)15/h3-5,8H,6-7H2,1-2H3,(H,16,18). The van der Waals surface area contributed by atoms with Crippen LogP contribution in [0.2, 0.25) is 5.02 Å². The monoisotopic (exact) mass is 299 g/mol. The van der Waals surface area contributed by atoms with Gasteiger partial charge in [0, 0.05) is 23.6 Å². The maximum atomic E-state index is 13.6. The van der Waals surface area contributed by atoms with Gasteiger partial charge in [-0.3, -0.25) is 0 Å². The minimum Gasteiger partial charge on any atom is -0.356 e. The van der Waals surface area contributed by atoms with Crippen molar-refractivity contribution in [3.63, 3.8) is 0 Å². The Kier molecular flexibility index (Phi) is 4.71. The van der Waals surface area contributed by atoms with Crippen molar-refractivity contribution >= 4 is 28.1 Å². The van der Waals surface area contributed by atoms with Crippen LogP contribution in [0.1, 0.15) is 24.4 Å². The molecule has 1 heterocycles. The second-order valence-electron chi connectivity index (χ2n) is 4.65. The highest BCUT2D eigenvalue weighted by molar-refractivity contribution is 7.15. The van der Waals surface area contributed by atoms with Crippen molar-refractivity contribution in [3.05, 3.63) is 39.6 Å². The van der Waals surface area contributed by atoms with E-state index in [-0.39, 0.29) is 5.82 Å². The predicted molar refractivity (Wildman–Crippen MR) is 77.2 cm³/mol. The van der Waals surface area contributed by atoms with Gasteiger partial charge in [0.1, 0.15) is 10.8 Å². The number of nitrogens with zero attached hydrogens (tertiary/aromatic N) is 2. The number of nitrogens with one attached hydrogen (secondary N) is 1. The van der Waals surface area contributed by atoms with Crippen molar-refractivity contribution < 1.29 is 4.39 Å². The Morgan fingerprint density at radius 1 is 1.37 bits per heavy atom. The summed E-state index contributed by atoms with van der Waals surface area (Å²) in [4.78, 5) is 0. The normalized spacial score (nSPS) is 11.0. The molecule has 0 fully saturated rings. The zero-order chi connectivity index (χ0) is 13.8. The summed E-state index contributed by atoms with van der Waals surface area (Å²) in [5.41, 5.74) is 0.449. The van der Waals surface area contributed by atoms with Crippen molar-refractivity contribution in [1.29, 1.82) is 0 Å². The Morgan fingerprint density at radius 3 is 2.84 bits per heavy atom. The highest BCUT2D eigenvalue weighted by atomic mass is 35.5. The summed E-state index contributed by atoms with van der Waals surface area (Å²) in [6, 6.07) is 4.66. The first kappa shape index (κ1) is 14.2. The summed E-state index contributed by atoms with van der Waals surface area (Å²) in [5.74, 6) is 0.230. The van der Waals surface area contributed by atoms with Gasteiger partial charge in [0.15, 0.2) is 0 Å². The molecule has 0 aliphatic rings. The molecule has 0 saturated heterocycles. The molecule has 6 heteroatoms. The van der Waals surface area contributed by atoms with E-state index in [0.29, 0.717) is 28.2 Å². The number of aromatic nitrogens is 2. The van der Waals surface area contributed by atoms with Crippen LogP contribution < -0.4 is 5.32 Å². The fourth-order valence-corrected chi connectivity index (χ4v) is 2.80. The summed E-state index contributed by atoms with van der Waals surface area (Å²) in [5, 5.41) is 13.3. The smallest absolute Gasteiger partial charge is 0.205 e. The van der Waals surface area contributed by atoms with Gasteiger partial charge < -0.3 is 5.32 Å². The largest absolute Gasteiger partial charge is 0.356 e. The van der Waals surface area contributed by atoms with E-state index >= 15 is 0 Å². The van der Waals surface area contributed by atoms with Gasteiger partial charge in [0.25, 0.3) is 0 Å². The Morgan fingerprint density at radius 2 is 2.16 bits per heavy atom. The molecule has 0 atom stereocenters. The molecule has 0 spiro atoms. The third-order valence-corrected chi connectivity index (χ3v) is 3.79. The lowest BCUT2D eigenvalue weighted by molar-refractivity contribution is 0.613. The van der Waals surface area contributed by atoms with Crippen molar-refractivity contribution in [2.45, 2.75) is 26.8 Å². The van der Waals surface area contributed by atoms with E-state index < -0.39 is 0 Å². The summed E-state index contributed by atoms with van der Waals surface area (Å²) < 4.78 is 13.6. The van der Waals surface area contributed by atoms with Crippen LogP contribution >= 0.6 is 22.9 Å². The lowest BCUT2D eigenvalue weighted by Crippen LogP contribution is -2.02. The third-order valence-electron chi connectivity index (χ3n) is 2.53. The summed E-state index contributed by atoms with van der Waals surface area (Å²) >= 11 is 7.45. The molecular weight excluding hydrogens is 285 g/mol. The van der Waals surface area contributed by atoms with E-state index in [9.17, 15) is 4.39 Å². The van der Waals surface area contributed by atoms with Crippen molar-refractivity contribution in [1.82, 2.24) is 10.2 Å². The van der Waals surface area contributed by atoms with E-state index in [1.165, 1.54) is 17.4 Å². The Balaban J connectivity index is 2.01. The molecule has 1 aromatic heterocycles. The molecule has 2 aromatic rings. The summed E-state index contributed by atoms with van der Waals surface area (Å²) in [7, 11) is 0. The molecular formula is C13H15ClFN3S. The number of halogens is 2. The van der Waals surface area contributed by atoms with Crippen LogP contribution in [0.25, 0.3) is 0 Å². The molecule has 3 nitrogen and oxygen atoms in total. The molecule has 0 bridgehead atoms. The average Bonchev–Trinajstić information content (AvgIpc) is 2.75. The number of hydrogen-bond acceptors (Lipinski definition) is 4. The van der Waals surface area contributed by atoms with Gasteiger partial charge in [-0.25, -0.2) is 4.39 Å². The third kappa shape index (κ3) is 3.88. The number of hydrogen-bond donors (Lipinski definition) is 1. The van der Waals surface area contributed by atoms with Gasteiger partial charge in [-0.2, -0.15) is 0 Å². The van der Waals surface area contributed by atoms with Gasteiger partial charge in [-0.1, -0.05) is 42.9 Å². The molecule has 1 aromatic carbocycles. The molecule has 0 amide bonds. The second kappa shape index (κ2) is 6.30. The molecule has 2 rings (SSSR count). The van der Waals surface area contributed by atoms with Gasteiger partial charge in [-0.05, 0) is 18.1 Å². The number of anilines is 1. The van der Waals surface area contributed by atoms with Gasteiger partial charge >= 0.3 is 0 Å². The minimum atomic E-state index is -0.313. The molecule has 0 saturated carbocycles. The van der Waals surface area contributed by atoms with Crippen LogP contribution in [-0.4, -0.2) is 10.2 Å². The van der Waals surface area contributed by atoms with Crippen LogP contribution in [-0.2, 0) is 13.0 Å². The Labute approximate surface area is 120 Å². The molecule has 1 N–H and O–H groups in total. The van der Waals surface area contributed by atoms with E-state index in [0.717, 1.165) is 11.4 Å². The fourth-order valence-electron chi connectivity index (χ4n) is 1.62. The van der Waals surface area contributed by atoms with Gasteiger partial charge in [0.2, 0.25) is 5.13 Å². The van der Waals surface area contributed by atoms with Crippen LogP contribution in [0, 0.1) is 11.7 Å². The topological polar surface area (TPSA) is 37.8 Å². The van der Waals surface area contributed by atoms with E-state index in [4.69, 9.17) is 11.6 Å². The summed E-state index contributed by atoms with van der Waals surface area (Å²) in [6.07, 6.45) is 0.903. The lowest BCUT2D eigenvalue weighted by Gasteiger charge is -2.05. The average molecular weight is 300 g/mol. The first-order chi connectivity index (χ1) is 9.06. The quantitative estimate of drug-likeness (QED) is 0.901. The predicted octanol–water partition coefficient (Wildman–Crippen LogP) is 4.14. The zero-order valence-corrected chi connectivity index (χ0v) is 12.4. The van der Waals surface area contributed by atoms with E-state index in [1.54, 1.807) is 12.1 Å². The zero-order valence-electron chi connectivity index (χ0n) is 10.8. The van der Waals surface area contributed by atoms with Crippen LogP contribution in [0.3, 0.4) is 0 Å². The molecule has 0 unspecified atom stereocenters. The maximum Gasteiger partial charge on any atom is 0.205 e. The molecule has 0 aliphatic heterocycles. The van der Waals surface area contributed by atoms with Crippen molar-refractivity contribution in [2.24, 2.45) is 5.92 Å². The molecule has 102 valence electrons. The highest BCUT2D eigenvalue weighted by Crippen LogP contribution is 2.22. The van der Waals surface area contributed by atoms with Gasteiger partial charge in [-0.15, -0.1) is 10.2 Å². The fraction of sp³-hybridized carbons (Fsp3) is 0.385. The van der Waals surface area contributed by atoms with Crippen LogP contribution in [0.5, 0.6) is 0 Å². The van der Waals surface area contributed by atoms with Crippen LogP contribution in [0.15, 0.2) is 18.2 Å². The Hall–Kier alpha value is -1.20. The lowest BCUT2D eigenvalue weighted by atomic mass is 10.1. The first-order valence-corrected chi connectivity index (χ1v) is 7.25. The van der Waals surface area contributed by atoms with Crippen molar-refractivity contribution in [2.75, 3.05) is 5.32 Å². The highest BCUT2D eigenvalue weighted by Gasteiger charge is 2.09. The number of benzene rings is 1. The van der Waals surface area contributed by atoms with E-state index in [2.05, 4.69) is 29.4 Å². The molecule has 19 heavy (non-hydrogen) atoms. The second-order valence-corrected chi connectivity index (χ2v) is 6.12. The Bertz CT molecular complexity index is 536. The molecule has 0 aliphatic carbocycles. The first-order valence-electron chi connectivity index (χ1n) is 6.05. The van der Waals surface area contributed by atoms with Crippen molar-refractivity contribution in [3.8, 4) is 0 Å². The summed E-state index contributed by atoms with van der Waals surface area (Å²) in [6.45, 7) is 4.57. The maximum absolute atomic E-state index is 13.6. The van der Waals surface area contributed by atoms with Gasteiger partial charge in [0.05, 0.1) is 0 Å². The SMILES string of the molecule is CC(C)Cc1nnc(NCc2c(F)cccc2Cl)s1. The number of rotatable bonds is 5. The van der Waals surface area contributed by atoms with Crippen LogP contribution in [0.4, 0.5) is 9.52 Å². The minimum absolute atomic E-state index is 0.307.